The van der Waals surface area contributed by atoms with Gasteiger partial charge in [-0.1, -0.05) is 42.4 Å². The second kappa shape index (κ2) is 7.73. The lowest BCUT2D eigenvalue weighted by Gasteiger charge is -2.23. The Bertz CT molecular complexity index is 629. The topological polar surface area (TPSA) is 91.5 Å². The number of hydrogen-bond acceptors (Lipinski definition) is 5. The summed E-state index contributed by atoms with van der Waals surface area (Å²) in [5.74, 6) is 0.897. The van der Waals surface area contributed by atoms with Crippen molar-refractivity contribution in [2.45, 2.75) is 25.8 Å². The molecule has 124 valence electrons. The van der Waals surface area contributed by atoms with E-state index in [9.17, 15) is 4.79 Å². The van der Waals surface area contributed by atoms with Gasteiger partial charge in [0.15, 0.2) is 0 Å². The molecular weight excluding hydrogens is 296 g/mol. The van der Waals surface area contributed by atoms with Crippen LogP contribution in [0.15, 0.2) is 34.9 Å². The quantitative estimate of drug-likeness (QED) is 0.848. The molecule has 2 N–H and O–H groups in total. The highest BCUT2D eigenvalue weighted by Gasteiger charge is 2.19. The molecule has 0 bridgehead atoms. The van der Waals surface area contributed by atoms with Gasteiger partial charge in [-0.3, -0.25) is 0 Å². The number of rotatable bonds is 6. The molecule has 1 heterocycles. The second-order valence-electron chi connectivity index (χ2n) is 5.55. The molecule has 2 rings (SSSR count). The maximum absolute atomic E-state index is 11.9. The number of aromatic nitrogens is 2. The van der Waals surface area contributed by atoms with Gasteiger partial charge in [-0.05, 0) is 6.92 Å². The number of urea groups is 1. The van der Waals surface area contributed by atoms with E-state index in [-0.39, 0.29) is 24.6 Å². The third-order valence-electron chi connectivity index (χ3n) is 3.70. The van der Waals surface area contributed by atoms with Gasteiger partial charge in [-0.25, -0.2) is 4.79 Å². The number of benzene rings is 1. The highest BCUT2D eigenvalue weighted by atomic mass is 16.5. The molecule has 2 unspecified atom stereocenters. The summed E-state index contributed by atoms with van der Waals surface area (Å²) in [7, 11) is 1.64. The largest absolute Gasteiger partial charge is 0.394 e. The van der Waals surface area contributed by atoms with Gasteiger partial charge in [-0.15, -0.1) is 0 Å². The summed E-state index contributed by atoms with van der Waals surface area (Å²) in [6.07, 6.45) is 0. The minimum atomic E-state index is -0.249. The van der Waals surface area contributed by atoms with Crippen LogP contribution in [-0.4, -0.2) is 52.4 Å². The van der Waals surface area contributed by atoms with Crippen molar-refractivity contribution in [3.05, 3.63) is 36.2 Å². The number of aliphatic hydroxyl groups excluding tert-OH is 1. The van der Waals surface area contributed by atoms with E-state index >= 15 is 0 Å². The SMILES string of the molecule is CC(CNC(=O)N(C)C(C)CO)c1nc(-c2ccccc2)no1. The summed E-state index contributed by atoms with van der Waals surface area (Å²) in [6.45, 7) is 3.96. The Hall–Kier alpha value is -2.41. The lowest BCUT2D eigenvalue weighted by molar-refractivity contribution is 0.157. The van der Waals surface area contributed by atoms with Crippen molar-refractivity contribution in [3.8, 4) is 11.4 Å². The van der Waals surface area contributed by atoms with Crippen LogP contribution in [-0.2, 0) is 0 Å². The summed E-state index contributed by atoms with van der Waals surface area (Å²) < 4.78 is 5.28. The third-order valence-corrected chi connectivity index (χ3v) is 3.70. The first-order valence-electron chi connectivity index (χ1n) is 7.53. The summed E-state index contributed by atoms with van der Waals surface area (Å²) in [5, 5.41) is 15.8. The first kappa shape index (κ1) is 17.0. The van der Waals surface area contributed by atoms with Crippen molar-refractivity contribution < 1.29 is 14.4 Å². The maximum Gasteiger partial charge on any atom is 0.317 e. The zero-order valence-corrected chi connectivity index (χ0v) is 13.6. The van der Waals surface area contributed by atoms with Crippen LogP contribution >= 0.6 is 0 Å². The van der Waals surface area contributed by atoms with Gasteiger partial charge in [0, 0.05) is 19.2 Å². The first-order chi connectivity index (χ1) is 11.0. The third kappa shape index (κ3) is 4.29. The summed E-state index contributed by atoms with van der Waals surface area (Å²) >= 11 is 0. The number of hydrogen-bond donors (Lipinski definition) is 2. The first-order valence-corrected chi connectivity index (χ1v) is 7.53. The van der Waals surface area contributed by atoms with Crippen molar-refractivity contribution in [1.29, 1.82) is 0 Å². The Kier molecular flexibility index (Phi) is 5.70. The molecule has 2 amide bonds. The van der Waals surface area contributed by atoms with Gasteiger partial charge in [0.1, 0.15) is 0 Å². The Morgan fingerprint density at radius 3 is 2.70 bits per heavy atom. The predicted octanol–water partition coefficient (Wildman–Crippen LogP) is 1.86. The van der Waals surface area contributed by atoms with Gasteiger partial charge < -0.3 is 19.8 Å². The van der Waals surface area contributed by atoms with Crippen molar-refractivity contribution in [3.63, 3.8) is 0 Å². The molecule has 2 aromatic rings. The molecule has 0 spiro atoms. The number of amides is 2. The van der Waals surface area contributed by atoms with Gasteiger partial charge in [0.25, 0.3) is 0 Å². The fraction of sp³-hybridized carbons (Fsp3) is 0.438. The van der Waals surface area contributed by atoms with Crippen LogP contribution in [0.1, 0.15) is 25.7 Å². The minimum Gasteiger partial charge on any atom is -0.394 e. The second-order valence-corrected chi connectivity index (χ2v) is 5.55. The molecule has 0 aliphatic heterocycles. The summed E-state index contributed by atoms with van der Waals surface area (Å²) in [6, 6.07) is 9.07. The van der Waals surface area contributed by atoms with E-state index in [0.717, 1.165) is 5.56 Å². The monoisotopic (exact) mass is 318 g/mol. The smallest absolute Gasteiger partial charge is 0.317 e. The van der Waals surface area contributed by atoms with Crippen LogP contribution in [0.25, 0.3) is 11.4 Å². The zero-order chi connectivity index (χ0) is 16.8. The average Bonchev–Trinajstić information content (AvgIpc) is 3.08. The molecule has 0 radical (unpaired) electrons. The van der Waals surface area contributed by atoms with Crippen LogP contribution in [0.4, 0.5) is 4.79 Å². The standard InChI is InChI=1S/C16H22N4O3/c1-11(9-17-16(22)20(3)12(2)10-21)15-18-14(19-23-15)13-7-5-4-6-8-13/h4-8,11-12,21H,9-10H2,1-3H3,(H,17,22). The zero-order valence-electron chi connectivity index (χ0n) is 13.6. The van der Waals surface area contributed by atoms with Crippen LogP contribution in [0, 0.1) is 0 Å². The highest BCUT2D eigenvalue weighted by Crippen LogP contribution is 2.19. The van der Waals surface area contributed by atoms with Gasteiger partial charge in [0.2, 0.25) is 11.7 Å². The van der Waals surface area contributed by atoms with E-state index in [4.69, 9.17) is 9.63 Å². The lowest BCUT2D eigenvalue weighted by Crippen LogP contribution is -2.44. The molecule has 7 heteroatoms. The number of likely N-dealkylation sites (N-methyl/N-ethyl adjacent to an activating group) is 1. The fourth-order valence-electron chi connectivity index (χ4n) is 1.91. The molecule has 7 nitrogen and oxygen atoms in total. The fourth-order valence-corrected chi connectivity index (χ4v) is 1.91. The van der Waals surface area contributed by atoms with E-state index in [0.29, 0.717) is 18.3 Å². The van der Waals surface area contributed by atoms with Crippen LogP contribution in [0.3, 0.4) is 0 Å². The van der Waals surface area contributed by atoms with Crippen molar-refractivity contribution in [2.24, 2.45) is 0 Å². The predicted molar refractivity (Wildman–Crippen MR) is 85.9 cm³/mol. The molecule has 2 atom stereocenters. The molecule has 0 fully saturated rings. The summed E-state index contributed by atoms with van der Waals surface area (Å²) in [5.41, 5.74) is 0.884. The number of nitrogens with one attached hydrogen (secondary N) is 1. The van der Waals surface area contributed by atoms with E-state index in [1.165, 1.54) is 4.90 Å². The molecular formula is C16H22N4O3. The van der Waals surface area contributed by atoms with Crippen molar-refractivity contribution in [1.82, 2.24) is 20.4 Å². The Balaban J connectivity index is 1.93. The minimum absolute atomic E-state index is 0.0798. The number of carbonyl (C=O) groups excluding carboxylic acids is 1. The van der Waals surface area contributed by atoms with E-state index in [2.05, 4.69) is 15.5 Å². The average molecular weight is 318 g/mol. The summed E-state index contributed by atoms with van der Waals surface area (Å²) in [4.78, 5) is 17.8. The van der Waals surface area contributed by atoms with E-state index in [1.54, 1.807) is 14.0 Å². The van der Waals surface area contributed by atoms with Crippen LogP contribution in [0.2, 0.25) is 0 Å². The Morgan fingerprint density at radius 1 is 1.35 bits per heavy atom. The molecule has 1 aromatic heterocycles. The van der Waals surface area contributed by atoms with Gasteiger partial charge in [-0.2, -0.15) is 4.98 Å². The highest BCUT2D eigenvalue weighted by molar-refractivity contribution is 5.74. The number of nitrogens with zero attached hydrogens (tertiary/aromatic N) is 3. The molecule has 1 aromatic carbocycles. The van der Waals surface area contributed by atoms with Gasteiger partial charge in [0.05, 0.1) is 18.6 Å². The lowest BCUT2D eigenvalue weighted by atomic mass is 10.2. The molecule has 0 aliphatic rings. The molecule has 0 aliphatic carbocycles. The van der Waals surface area contributed by atoms with E-state index < -0.39 is 0 Å². The maximum atomic E-state index is 11.9. The van der Waals surface area contributed by atoms with E-state index in [1.807, 2.05) is 37.3 Å². The van der Waals surface area contributed by atoms with Gasteiger partial charge >= 0.3 is 6.03 Å². The number of carbonyl (C=O) groups is 1. The number of aliphatic hydroxyl groups is 1. The van der Waals surface area contributed by atoms with Crippen LogP contribution < -0.4 is 5.32 Å². The van der Waals surface area contributed by atoms with Crippen molar-refractivity contribution in [2.75, 3.05) is 20.2 Å². The Morgan fingerprint density at radius 2 is 2.04 bits per heavy atom. The van der Waals surface area contributed by atoms with Crippen LogP contribution in [0.5, 0.6) is 0 Å². The van der Waals surface area contributed by atoms with Crippen molar-refractivity contribution >= 4 is 6.03 Å². The Labute approximate surface area is 135 Å². The normalized spacial score (nSPS) is 13.4. The molecule has 0 saturated heterocycles. The molecule has 0 saturated carbocycles. The molecule has 23 heavy (non-hydrogen) atoms.